The van der Waals surface area contributed by atoms with E-state index in [9.17, 15) is 9.90 Å². The van der Waals surface area contributed by atoms with Gasteiger partial charge in [-0.3, -0.25) is 4.79 Å². The molecule has 16 heavy (non-hydrogen) atoms. The number of phenols is 1. The van der Waals surface area contributed by atoms with Crippen LogP contribution < -0.4 is 0 Å². The van der Waals surface area contributed by atoms with Crippen molar-refractivity contribution in [3.63, 3.8) is 0 Å². The maximum atomic E-state index is 12.0. The maximum Gasteiger partial charge on any atom is 0.257 e. The van der Waals surface area contributed by atoms with Crippen LogP contribution in [-0.2, 0) is 6.42 Å². The van der Waals surface area contributed by atoms with Gasteiger partial charge in [-0.25, -0.2) is 0 Å². The van der Waals surface area contributed by atoms with E-state index in [0.717, 1.165) is 12.0 Å². The first kappa shape index (κ1) is 11.0. The molecule has 1 N–H and O–H groups in total. The van der Waals surface area contributed by atoms with Crippen molar-refractivity contribution in [3.8, 4) is 5.75 Å². The summed E-state index contributed by atoms with van der Waals surface area (Å²) in [5.41, 5.74) is 1.45. The second kappa shape index (κ2) is 4.16. The van der Waals surface area contributed by atoms with Crippen molar-refractivity contribution < 1.29 is 9.90 Å². The van der Waals surface area contributed by atoms with E-state index in [1.54, 1.807) is 26.2 Å². The summed E-state index contributed by atoms with van der Waals surface area (Å²) in [6, 6.07) is 5.32. The molecule has 1 aliphatic carbocycles. The zero-order valence-electron chi connectivity index (χ0n) is 9.73. The van der Waals surface area contributed by atoms with Gasteiger partial charge in [0.15, 0.2) is 0 Å². The topological polar surface area (TPSA) is 40.5 Å². The van der Waals surface area contributed by atoms with Crippen LogP contribution in [0.5, 0.6) is 5.75 Å². The number of nitrogens with zero attached hydrogens (tertiary/aromatic N) is 1. The third-order valence-corrected chi connectivity index (χ3v) is 2.95. The second-order valence-corrected chi connectivity index (χ2v) is 4.66. The Labute approximate surface area is 95.7 Å². The number of amides is 1. The number of rotatable bonds is 3. The highest BCUT2D eigenvalue weighted by molar-refractivity contribution is 5.98. The number of hydrogen-bond acceptors (Lipinski definition) is 2. The van der Waals surface area contributed by atoms with Crippen LogP contribution >= 0.6 is 0 Å². The van der Waals surface area contributed by atoms with Crippen LogP contribution in [-0.4, -0.2) is 30.0 Å². The molecule has 1 saturated carbocycles. The number of benzene rings is 1. The molecule has 0 heterocycles. The Balaban J connectivity index is 2.35. The predicted octanol–water partition coefficient (Wildman–Crippen LogP) is 2.05. The SMILES string of the molecule is CN(C)C(=O)c1c(O)cccc1CC1CC1. The van der Waals surface area contributed by atoms with Crippen LogP contribution in [0, 0.1) is 5.92 Å². The molecule has 2 rings (SSSR count). The van der Waals surface area contributed by atoms with Gasteiger partial charge in [-0.05, 0) is 36.8 Å². The highest BCUT2D eigenvalue weighted by Gasteiger charge is 2.25. The monoisotopic (exact) mass is 219 g/mol. The van der Waals surface area contributed by atoms with Gasteiger partial charge in [0.2, 0.25) is 0 Å². The number of phenolic OH excluding ortho intramolecular Hbond substituents is 1. The van der Waals surface area contributed by atoms with Gasteiger partial charge in [0.25, 0.3) is 5.91 Å². The summed E-state index contributed by atoms with van der Waals surface area (Å²) < 4.78 is 0. The van der Waals surface area contributed by atoms with Gasteiger partial charge >= 0.3 is 0 Å². The lowest BCUT2D eigenvalue weighted by Crippen LogP contribution is -2.23. The zero-order valence-corrected chi connectivity index (χ0v) is 9.73. The zero-order chi connectivity index (χ0) is 11.7. The predicted molar refractivity (Wildman–Crippen MR) is 62.6 cm³/mol. The van der Waals surface area contributed by atoms with E-state index < -0.39 is 0 Å². The first-order chi connectivity index (χ1) is 7.59. The molecule has 0 aliphatic heterocycles. The summed E-state index contributed by atoms with van der Waals surface area (Å²) in [7, 11) is 3.41. The first-order valence-electron chi connectivity index (χ1n) is 5.62. The van der Waals surface area contributed by atoms with Gasteiger partial charge in [-0.15, -0.1) is 0 Å². The summed E-state index contributed by atoms with van der Waals surface area (Å²) >= 11 is 0. The van der Waals surface area contributed by atoms with E-state index in [2.05, 4.69) is 0 Å². The van der Waals surface area contributed by atoms with Crippen molar-refractivity contribution in [2.45, 2.75) is 19.3 Å². The van der Waals surface area contributed by atoms with Gasteiger partial charge in [-0.2, -0.15) is 0 Å². The highest BCUT2D eigenvalue weighted by Crippen LogP contribution is 2.35. The standard InChI is InChI=1S/C13H17NO2/c1-14(2)13(16)12-10(8-9-6-7-9)4-3-5-11(12)15/h3-5,9,15H,6-8H2,1-2H3. The Morgan fingerprint density at radius 2 is 2.12 bits per heavy atom. The molecule has 86 valence electrons. The lowest BCUT2D eigenvalue weighted by Gasteiger charge is -2.15. The minimum Gasteiger partial charge on any atom is -0.507 e. The van der Waals surface area contributed by atoms with Crippen molar-refractivity contribution >= 4 is 5.91 Å². The van der Waals surface area contributed by atoms with E-state index in [1.807, 2.05) is 6.07 Å². The van der Waals surface area contributed by atoms with Crippen LogP contribution in [0.15, 0.2) is 18.2 Å². The molecule has 1 aromatic rings. The summed E-state index contributed by atoms with van der Waals surface area (Å²) in [5, 5.41) is 9.80. The van der Waals surface area contributed by atoms with E-state index in [-0.39, 0.29) is 11.7 Å². The molecule has 3 heteroatoms. The number of carbonyl (C=O) groups excluding carboxylic acids is 1. The van der Waals surface area contributed by atoms with Crippen molar-refractivity contribution in [3.05, 3.63) is 29.3 Å². The molecule has 0 saturated heterocycles. The highest BCUT2D eigenvalue weighted by atomic mass is 16.3. The smallest absolute Gasteiger partial charge is 0.257 e. The Morgan fingerprint density at radius 3 is 2.69 bits per heavy atom. The molecule has 1 aliphatic rings. The Hall–Kier alpha value is -1.51. The van der Waals surface area contributed by atoms with Crippen LogP contribution in [0.2, 0.25) is 0 Å². The Bertz CT molecular complexity index is 408. The second-order valence-electron chi connectivity index (χ2n) is 4.66. The minimum atomic E-state index is -0.117. The molecule has 0 spiro atoms. The summed E-state index contributed by atoms with van der Waals surface area (Å²) in [6.07, 6.45) is 3.39. The summed E-state index contributed by atoms with van der Waals surface area (Å²) in [6.45, 7) is 0. The van der Waals surface area contributed by atoms with E-state index in [4.69, 9.17) is 0 Å². The Morgan fingerprint density at radius 1 is 1.44 bits per heavy atom. The molecule has 0 bridgehead atoms. The molecule has 3 nitrogen and oxygen atoms in total. The van der Waals surface area contributed by atoms with Gasteiger partial charge < -0.3 is 10.0 Å². The van der Waals surface area contributed by atoms with Gasteiger partial charge in [0.05, 0.1) is 5.56 Å². The summed E-state index contributed by atoms with van der Waals surface area (Å²) in [5.74, 6) is 0.682. The van der Waals surface area contributed by atoms with Gasteiger partial charge in [0.1, 0.15) is 5.75 Å². The normalized spacial score (nSPS) is 14.9. The molecule has 0 atom stereocenters. The van der Waals surface area contributed by atoms with Crippen molar-refractivity contribution in [2.24, 2.45) is 5.92 Å². The molecule has 0 aromatic heterocycles. The molecule has 0 radical (unpaired) electrons. The van der Waals surface area contributed by atoms with Crippen molar-refractivity contribution in [1.29, 1.82) is 0 Å². The quantitative estimate of drug-likeness (QED) is 0.845. The molecular formula is C13H17NO2. The van der Waals surface area contributed by atoms with Crippen molar-refractivity contribution in [1.82, 2.24) is 4.90 Å². The average molecular weight is 219 g/mol. The third-order valence-electron chi connectivity index (χ3n) is 2.95. The maximum absolute atomic E-state index is 12.0. The minimum absolute atomic E-state index is 0.0943. The fraction of sp³-hybridized carbons (Fsp3) is 0.462. The Kier molecular flexibility index (Phi) is 2.86. The molecule has 0 unspecified atom stereocenters. The van der Waals surface area contributed by atoms with E-state index in [1.165, 1.54) is 17.7 Å². The van der Waals surface area contributed by atoms with Gasteiger partial charge in [0, 0.05) is 14.1 Å². The molecule has 1 aromatic carbocycles. The van der Waals surface area contributed by atoms with Crippen LogP contribution in [0.3, 0.4) is 0 Å². The third kappa shape index (κ3) is 2.18. The largest absolute Gasteiger partial charge is 0.507 e. The van der Waals surface area contributed by atoms with Gasteiger partial charge in [-0.1, -0.05) is 12.1 Å². The molecule has 1 fully saturated rings. The first-order valence-corrected chi connectivity index (χ1v) is 5.62. The molecule has 1 amide bonds. The lowest BCUT2D eigenvalue weighted by molar-refractivity contribution is 0.0823. The fourth-order valence-corrected chi connectivity index (χ4v) is 1.86. The number of aromatic hydroxyl groups is 1. The fourth-order valence-electron chi connectivity index (χ4n) is 1.86. The number of carbonyl (C=O) groups is 1. The summed E-state index contributed by atoms with van der Waals surface area (Å²) in [4.78, 5) is 13.5. The average Bonchev–Trinajstić information content (AvgIpc) is 3.01. The lowest BCUT2D eigenvalue weighted by atomic mass is 10.00. The van der Waals surface area contributed by atoms with E-state index in [0.29, 0.717) is 11.5 Å². The van der Waals surface area contributed by atoms with Crippen molar-refractivity contribution in [2.75, 3.05) is 14.1 Å². The van der Waals surface area contributed by atoms with Crippen LogP contribution in [0.1, 0.15) is 28.8 Å². The van der Waals surface area contributed by atoms with Crippen LogP contribution in [0.25, 0.3) is 0 Å². The number of hydrogen-bond donors (Lipinski definition) is 1. The van der Waals surface area contributed by atoms with E-state index >= 15 is 0 Å². The van der Waals surface area contributed by atoms with Crippen LogP contribution in [0.4, 0.5) is 0 Å². The molecular weight excluding hydrogens is 202 g/mol.